The maximum absolute atomic E-state index is 11.8. The van der Waals surface area contributed by atoms with Crippen LogP contribution in [0.2, 0.25) is 10.0 Å². The summed E-state index contributed by atoms with van der Waals surface area (Å²) in [6.07, 6.45) is 0. The Hall–Kier alpha value is -2.44. The van der Waals surface area contributed by atoms with Crippen LogP contribution in [0.1, 0.15) is 20.7 Å². The lowest BCUT2D eigenvalue weighted by atomic mass is 10.2. The Morgan fingerprint density at radius 2 is 1.17 bits per heavy atom. The summed E-state index contributed by atoms with van der Waals surface area (Å²) in [5.41, 5.74) is 12.4. The average Bonchev–Trinajstić information content (AvgIpc) is 2.56. The highest BCUT2D eigenvalue weighted by Crippen LogP contribution is 2.21. The van der Waals surface area contributed by atoms with Crippen molar-refractivity contribution < 1.29 is 19.1 Å². The number of benzene rings is 2. The van der Waals surface area contributed by atoms with Crippen LogP contribution in [0.3, 0.4) is 0 Å². The van der Waals surface area contributed by atoms with Crippen molar-refractivity contribution in [3.05, 3.63) is 57.6 Å². The van der Waals surface area contributed by atoms with Crippen LogP contribution in [0.5, 0.6) is 0 Å². The van der Waals surface area contributed by atoms with Gasteiger partial charge in [-0.3, -0.25) is 0 Å². The van der Waals surface area contributed by atoms with Gasteiger partial charge in [-0.05, 0) is 36.4 Å². The highest BCUT2D eigenvalue weighted by molar-refractivity contribution is 6.33. The van der Waals surface area contributed by atoms with Crippen molar-refractivity contribution in [1.82, 2.24) is 0 Å². The molecular weight excluding hydrogens is 355 g/mol. The number of carbonyl (C=O) groups is 2. The molecule has 0 fully saturated rings. The molecule has 0 atom stereocenters. The maximum Gasteiger partial charge on any atom is 0.338 e. The van der Waals surface area contributed by atoms with E-state index in [2.05, 4.69) is 0 Å². The van der Waals surface area contributed by atoms with E-state index in [-0.39, 0.29) is 34.4 Å². The molecule has 0 aromatic heterocycles. The number of carbonyl (C=O) groups excluding carboxylic acids is 2. The maximum atomic E-state index is 11.8. The lowest BCUT2D eigenvalue weighted by Crippen LogP contribution is -2.14. The van der Waals surface area contributed by atoms with Gasteiger partial charge in [-0.25, -0.2) is 9.59 Å². The molecule has 0 saturated carbocycles. The Morgan fingerprint density at radius 1 is 0.792 bits per heavy atom. The Morgan fingerprint density at radius 3 is 1.50 bits per heavy atom. The number of halogens is 2. The van der Waals surface area contributed by atoms with E-state index in [9.17, 15) is 9.59 Å². The summed E-state index contributed by atoms with van der Waals surface area (Å²) < 4.78 is 9.98. The zero-order valence-electron chi connectivity index (χ0n) is 12.4. The van der Waals surface area contributed by atoms with Gasteiger partial charge in [0, 0.05) is 0 Å². The average molecular weight is 369 g/mol. The van der Waals surface area contributed by atoms with Gasteiger partial charge in [0.2, 0.25) is 0 Å². The first kappa shape index (κ1) is 17.9. The minimum Gasteiger partial charge on any atom is -0.458 e. The molecule has 0 aliphatic heterocycles. The fraction of sp³-hybridized carbons (Fsp3) is 0.125. The predicted molar refractivity (Wildman–Crippen MR) is 92.3 cm³/mol. The molecule has 0 saturated heterocycles. The van der Waals surface area contributed by atoms with Crippen molar-refractivity contribution in [3.63, 3.8) is 0 Å². The van der Waals surface area contributed by atoms with Crippen LogP contribution in [-0.4, -0.2) is 25.2 Å². The summed E-state index contributed by atoms with van der Waals surface area (Å²) in [5, 5.41) is 0.521. The summed E-state index contributed by atoms with van der Waals surface area (Å²) in [5.74, 6) is -1.19. The summed E-state index contributed by atoms with van der Waals surface area (Å²) in [4.78, 5) is 23.6. The molecule has 0 heterocycles. The van der Waals surface area contributed by atoms with E-state index < -0.39 is 11.9 Å². The van der Waals surface area contributed by atoms with Crippen LogP contribution in [0, 0.1) is 0 Å². The SMILES string of the molecule is Nc1ccc(C(=O)OCCOC(=O)c2ccc(N)c(Cl)c2)cc1Cl. The van der Waals surface area contributed by atoms with E-state index in [1.165, 1.54) is 36.4 Å². The topological polar surface area (TPSA) is 105 Å². The lowest BCUT2D eigenvalue weighted by Gasteiger charge is -2.08. The number of nitrogens with two attached hydrogens (primary N) is 2. The van der Waals surface area contributed by atoms with Crippen LogP contribution in [-0.2, 0) is 9.47 Å². The first-order valence-corrected chi connectivity index (χ1v) is 7.58. The van der Waals surface area contributed by atoms with Crippen LogP contribution in [0.15, 0.2) is 36.4 Å². The van der Waals surface area contributed by atoms with Gasteiger partial charge in [-0.2, -0.15) is 0 Å². The minimum absolute atomic E-state index is 0.102. The molecule has 126 valence electrons. The van der Waals surface area contributed by atoms with E-state index in [4.69, 9.17) is 44.1 Å². The molecule has 6 nitrogen and oxygen atoms in total. The molecular formula is C16H14Cl2N2O4. The van der Waals surface area contributed by atoms with Gasteiger partial charge < -0.3 is 20.9 Å². The summed E-state index contributed by atoms with van der Waals surface area (Å²) in [7, 11) is 0. The molecule has 0 amide bonds. The number of esters is 2. The van der Waals surface area contributed by atoms with E-state index in [1.807, 2.05) is 0 Å². The standard InChI is InChI=1S/C16H14Cl2N2O4/c17-11-7-9(1-3-13(11)19)15(21)23-5-6-24-16(22)10-2-4-14(20)12(18)8-10/h1-4,7-8H,5-6,19-20H2. The Kier molecular flexibility index (Phi) is 5.89. The zero-order valence-corrected chi connectivity index (χ0v) is 13.9. The number of hydrogen-bond donors (Lipinski definition) is 2. The lowest BCUT2D eigenvalue weighted by molar-refractivity contribution is 0.0265. The monoisotopic (exact) mass is 368 g/mol. The van der Waals surface area contributed by atoms with Crippen LogP contribution in [0.25, 0.3) is 0 Å². The predicted octanol–water partition coefficient (Wildman–Crippen LogP) is 3.17. The molecule has 0 aliphatic carbocycles. The van der Waals surface area contributed by atoms with Crippen molar-refractivity contribution in [2.45, 2.75) is 0 Å². The van der Waals surface area contributed by atoms with Crippen molar-refractivity contribution >= 4 is 46.5 Å². The smallest absolute Gasteiger partial charge is 0.338 e. The fourth-order valence-electron chi connectivity index (χ4n) is 1.74. The molecule has 8 heteroatoms. The normalized spacial score (nSPS) is 10.2. The van der Waals surface area contributed by atoms with Gasteiger partial charge in [0.05, 0.1) is 32.5 Å². The van der Waals surface area contributed by atoms with E-state index >= 15 is 0 Å². The summed E-state index contributed by atoms with van der Waals surface area (Å²) >= 11 is 11.7. The van der Waals surface area contributed by atoms with Crippen molar-refractivity contribution in [1.29, 1.82) is 0 Å². The highest BCUT2D eigenvalue weighted by atomic mass is 35.5. The number of rotatable bonds is 5. The second kappa shape index (κ2) is 7.90. The number of hydrogen-bond acceptors (Lipinski definition) is 6. The van der Waals surface area contributed by atoms with Gasteiger partial charge in [-0.15, -0.1) is 0 Å². The Bertz CT molecular complexity index is 715. The molecule has 0 unspecified atom stereocenters. The fourth-order valence-corrected chi connectivity index (χ4v) is 2.10. The second-order valence-corrected chi connectivity index (χ2v) is 5.56. The molecule has 2 aromatic carbocycles. The molecule has 24 heavy (non-hydrogen) atoms. The highest BCUT2D eigenvalue weighted by Gasteiger charge is 2.11. The van der Waals surface area contributed by atoms with Gasteiger partial charge in [0.1, 0.15) is 13.2 Å². The molecule has 4 N–H and O–H groups in total. The van der Waals surface area contributed by atoms with Crippen molar-refractivity contribution in [3.8, 4) is 0 Å². The van der Waals surface area contributed by atoms with Gasteiger partial charge in [0.25, 0.3) is 0 Å². The van der Waals surface area contributed by atoms with E-state index in [0.717, 1.165) is 0 Å². The molecule has 0 aliphatic rings. The first-order chi connectivity index (χ1) is 11.4. The van der Waals surface area contributed by atoms with Crippen LogP contribution < -0.4 is 11.5 Å². The van der Waals surface area contributed by atoms with Gasteiger partial charge in [0.15, 0.2) is 0 Å². The first-order valence-electron chi connectivity index (χ1n) is 6.83. The number of anilines is 2. The molecule has 2 aromatic rings. The van der Waals surface area contributed by atoms with E-state index in [0.29, 0.717) is 11.4 Å². The van der Waals surface area contributed by atoms with Crippen molar-refractivity contribution in [2.24, 2.45) is 0 Å². The van der Waals surface area contributed by atoms with Crippen LogP contribution in [0.4, 0.5) is 11.4 Å². The van der Waals surface area contributed by atoms with Gasteiger partial charge in [-0.1, -0.05) is 23.2 Å². The van der Waals surface area contributed by atoms with E-state index in [1.54, 1.807) is 0 Å². The largest absolute Gasteiger partial charge is 0.458 e. The zero-order chi connectivity index (χ0) is 17.7. The van der Waals surface area contributed by atoms with Crippen molar-refractivity contribution in [2.75, 3.05) is 24.7 Å². The minimum atomic E-state index is -0.594. The summed E-state index contributed by atoms with van der Waals surface area (Å²) in [6, 6.07) is 8.80. The molecule has 0 radical (unpaired) electrons. The number of ether oxygens (including phenoxy) is 2. The quantitative estimate of drug-likeness (QED) is 0.477. The molecule has 2 rings (SSSR count). The van der Waals surface area contributed by atoms with Gasteiger partial charge >= 0.3 is 11.9 Å². The third-order valence-electron chi connectivity index (χ3n) is 3.02. The van der Waals surface area contributed by atoms with Crippen LogP contribution >= 0.6 is 23.2 Å². The molecule has 0 spiro atoms. The molecule has 0 bridgehead atoms. The Balaban J connectivity index is 1.81. The summed E-state index contributed by atoms with van der Waals surface area (Å²) in [6.45, 7) is -0.204. The third kappa shape index (κ3) is 4.53. The second-order valence-electron chi connectivity index (χ2n) is 4.74. The number of nitrogen functional groups attached to an aromatic ring is 2. The third-order valence-corrected chi connectivity index (χ3v) is 3.68. The Labute approximate surface area is 148 Å².